The van der Waals surface area contributed by atoms with Gasteiger partial charge in [0.2, 0.25) is 0 Å². The molecule has 21 heavy (non-hydrogen) atoms. The van der Waals surface area contributed by atoms with Crippen LogP contribution in [-0.2, 0) is 6.54 Å². The molecule has 1 saturated heterocycles. The second kappa shape index (κ2) is 6.69. The molecule has 1 N–H and O–H groups in total. The van der Waals surface area contributed by atoms with Gasteiger partial charge < -0.3 is 5.32 Å². The van der Waals surface area contributed by atoms with E-state index < -0.39 is 0 Å². The van der Waals surface area contributed by atoms with Crippen LogP contribution in [0.5, 0.6) is 0 Å². The van der Waals surface area contributed by atoms with E-state index >= 15 is 0 Å². The minimum absolute atomic E-state index is 0.691. The first kappa shape index (κ1) is 14.7. The van der Waals surface area contributed by atoms with E-state index in [4.69, 9.17) is 4.98 Å². The lowest BCUT2D eigenvalue weighted by Gasteiger charge is -2.31. The first-order chi connectivity index (χ1) is 10.2. The quantitative estimate of drug-likeness (QED) is 0.939. The first-order valence-corrected chi connectivity index (χ1v) is 8.53. The average molecular weight is 301 g/mol. The minimum Gasteiger partial charge on any atom is -0.317 e. The fourth-order valence-corrected chi connectivity index (χ4v) is 3.66. The lowest BCUT2D eigenvalue weighted by molar-refractivity contribution is 0.190. The molecule has 112 valence electrons. The van der Waals surface area contributed by atoms with E-state index in [-0.39, 0.29) is 0 Å². The summed E-state index contributed by atoms with van der Waals surface area (Å²) in [5, 5.41) is 6.75. The van der Waals surface area contributed by atoms with Crippen LogP contribution in [0.15, 0.2) is 29.6 Å². The van der Waals surface area contributed by atoms with Gasteiger partial charge in [-0.15, -0.1) is 11.3 Å². The van der Waals surface area contributed by atoms with Gasteiger partial charge in [0.1, 0.15) is 5.01 Å². The van der Waals surface area contributed by atoms with E-state index in [1.807, 2.05) is 0 Å². The topological polar surface area (TPSA) is 28.2 Å². The predicted octanol–water partition coefficient (Wildman–Crippen LogP) is 3.30. The highest BCUT2D eigenvalue weighted by Crippen LogP contribution is 2.25. The third kappa shape index (κ3) is 3.70. The number of nitrogens with zero attached hydrogens (tertiary/aromatic N) is 2. The van der Waals surface area contributed by atoms with Crippen LogP contribution in [0.3, 0.4) is 0 Å². The third-order valence-corrected chi connectivity index (χ3v) is 5.13. The molecule has 0 unspecified atom stereocenters. The molecule has 1 aromatic carbocycles. The minimum atomic E-state index is 0.691. The maximum absolute atomic E-state index is 4.81. The van der Waals surface area contributed by atoms with Gasteiger partial charge in [0.25, 0.3) is 0 Å². The van der Waals surface area contributed by atoms with Gasteiger partial charge in [-0.1, -0.05) is 29.8 Å². The largest absolute Gasteiger partial charge is 0.317 e. The van der Waals surface area contributed by atoms with Crippen LogP contribution in [-0.4, -0.2) is 36.1 Å². The van der Waals surface area contributed by atoms with Crippen molar-refractivity contribution >= 4 is 11.3 Å². The Morgan fingerprint density at radius 2 is 1.95 bits per heavy atom. The van der Waals surface area contributed by atoms with Gasteiger partial charge in [-0.3, -0.25) is 4.90 Å². The van der Waals surface area contributed by atoms with Gasteiger partial charge in [0.05, 0.1) is 5.69 Å². The van der Waals surface area contributed by atoms with Gasteiger partial charge in [-0.2, -0.15) is 0 Å². The molecule has 0 aliphatic carbocycles. The zero-order chi connectivity index (χ0) is 14.7. The highest BCUT2D eigenvalue weighted by molar-refractivity contribution is 7.13. The molecule has 1 fully saturated rings. The van der Waals surface area contributed by atoms with Crippen molar-refractivity contribution in [3.05, 3.63) is 40.9 Å². The van der Waals surface area contributed by atoms with Crippen LogP contribution in [0.1, 0.15) is 24.1 Å². The average Bonchev–Trinajstić information content (AvgIpc) is 2.97. The van der Waals surface area contributed by atoms with Crippen molar-refractivity contribution in [1.82, 2.24) is 15.2 Å². The summed E-state index contributed by atoms with van der Waals surface area (Å²) in [6.45, 7) is 5.35. The molecule has 2 aromatic rings. The van der Waals surface area contributed by atoms with Crippen molar-refractivity contribution in [2.75, 3.05) is 20.1 Å². The number of piperidine rings is 1. The molecule has 3 nitrogen and oxygen atoms in total. The third-order valence-electron chi connectivity index (χ3n) is 4.19. The van der Waals surface area contributed by atoms with Crippen LogP contribution in [0.2, 0.25) is 0 Å². The van der Waals surface area contributed by atoms with E-state index in [0.717, 1.165) is 24.6 Å². The van der Waals surface area contributed by atoms with Crippen LogP contribution >= 0.6 is 11.3 Å². The van der Waals surface area contributed by atoms with Gasteiger partial charge in [-0.05, 0) is 39.9 Å². The number of hydrogen-bond acceptors (Lipinski definition) is 4. The number of aryl methyl sites for hydroxylation is 1. The van der Waals surface area contributed by atoms with Crippen molar-refractivity contribution in [2.45, 2.75) is 32.4 Å². The maximum Gasteiger partial charge on any atom is 0.123 e. The number of benzene rings is 1. The van der Waals surface area contributed by atoms with Crippen molar-refractivity contribution in [3.8, 4) is 10.6 Å². The van der Waals surface area contributed by atoms with Crippen LogP contribution < -0.4 is 5.32 Å². The van der Waals surface area contributed by atoms with E-state index in [9.17, 15) is 0 Å². The first-order valence-electron chi connectivity index (χ1n) is 7.65. The predicted molar refractivity (Wildman–Crippen MR) is 89.6 cm³/mol. The zero-order valence-electron chi connectivity index (χ0n) is 12.8. The summed E-state index contributed by atoms with van der Waals surface area (Å²) in [4.78, 5) is 7.26. The summed E-state index contributed by atoms with van der Waals surface area (Å²) in [5.74, 6) is 0. The van der Waals surface area contributed by atoms with Gasteiger partial charge in [0.15, 0.2) is 0 Å². The van der Waals surface area contributed by atoms with Crippen molar-refractivity contribution < 1.29 is 0 Å². The number of aromatic nitrogens is 1. The Kier molecular flexibility index (Phi) is 4.68. The van der Waals surface area contributed by atoms with Crippen LogP contribution in [0.4, 0.5) is 0 Å². The number of nitrogens with one attached hydrogen (secondary N) is 1. The Bertz CT molecular complexity index is 570. The van der Waals surface area contributed by atoms with Crippen LogP contribution in [0, 0.1) is 6.92 Å². The highest BCUT2D eigenvalue weighted by atomic mass is 32.1. The highest BCUT2D eigenvalue weighted by Gasteiger charge is 2.18. The van der Waals surface area contributed by atoms with Crippen molar-refractivity contribution in [3.63, 3.8) is 0 Å². The molecule has 0 atom stereocenters. The molecule has 3 rings (SSSR count). The van der Waals surface area contributed by atoms with Crippen LogP contribution in [0.25, 0.3) is 10.6 Å². The van der Waals surface area contributed by atoms with E-state index in [1.54, 1.807) is 11.3 Å². The molecule has 0 amide bonds. The molecular formula is C17H23N3S. The molecule has 0 saturated carbocycles. The maximum atomic E-state index is 4.81. The summed E-state index contributed by atoms with van der Waals surface area (Å²) < 4.78 is 0. The molecular weight excluding hydrogens is 278 g/mol. The Balaban J connectivity index is 1.65. The Labute approximate surface area is 131 Å². The Morgan fingerprint density at radius 1 is 1.24 bits per heavy atom. The lowest BCUT2D eigenvalue weighted by Crippen LogP contribution is -2.40. The van der Waals surface area contributed by atoms with E-state index in [1.165, 1.54) is 29.7 Å². The number of thiazole rings is 1. The summed E-state index contributed by atoms with van der Waals surface area (Å²) in [6, 6.07) is 9.31. The van der Waals surface area contributed by atoms with Gasteiger partial charge >= 0.3 is 0 Å². The van der Waals surface area contributed by atoms with Crippen molar-refractivity contribution in [1.29, 1.82) is 0 Å². The molecule has 4 heteroatoms. The Morgan fingerprint density at radius 3 is 2.67 bits per heavy atom. The fourth-order valence-electron chi connectivity index (χ4n) is 2.84. The van der Waals surface area contributed by atoms with E-state index in [2.05, 4.69) is 53.8 Å². The molecule has 1 aromatic heterocycles. The fraction of sp³-hybridized carbons (Fsp3) is 0.471. The summed E-state index contributed by atoms with van der Waals surface area (Å²) in [7, 11) is 2.22. The summed E-state index contributed by atoms with van der Waals surface area (Å²) >= 11 is 1.75. The summed E-state index contributed by atoms with van der Waals surface area (Å²) in [6.07, 6.45) is 2.48. The number of hydrogen-bond donors (Lipinski definition) is 1. The van der Waals surface area contributed by atoms with Gasteiger partial charge in [0, 0.05) is 23.5 Å². The molecule has 0 spiro atoms. The van der Waals surface area contributed by atoms with Gasteiger partial charge in [-0.25, -0.2) is 4.98 Å². The summed E-state index contributed by atoms with van der Waals surface area (Å²) in [5.41, 5.74) is 3.71. The number of rotatable bonds is 4. The monoisotopic (exact) mass is 301 g/mol. The van der Waals surface area contributed by atoms with E-state index in [0.29, 0.717) is 6.04 Å². The normalized spacial score (nSPS) is 16.5. The zero-order valence-corrected chi connectivity index (χ0v) is 13.6. The second-order valence-electron chi connectivity index (χ2n) is 5.91. The molecule has 1 aliphatic rings. The molecule has 0 bridgehead atoms. The molecule has 0 radical (unpaired) electrons. The van der Waals surface area contributed by atoms with Crippen molar-refractivity contribution in [2.24, 2.45) is 0 Å². The smallest absolute Gasteiger partial charge is 0.123 e. The SMILES string of the molecule is Cc1ccc(-c2nc(CN(C)C3CCNCC3)cs2)cc1. The molecule has 1 aliphatic heterocycles. The second-order valence-corrected chi connectivity index (χ2v) is 6.76. The standard InChI is InChI=1S/C17H23N3S/c1-13-3-5-14(6-4-13)17-19-15(12-21-17)11-20(2)16-7-9-18-10-8-16/h3-6,12,16,18H,7-11H2,1-2H3. The molecule has 2 heterocycles. The lowest BCUT2D eigenvalue weighted by atomic mass is 10.1. The Hall–Kier alpha value is -1.23.